The Morgan fingerprint density at radius 2 is 2.08 bits per heavy atom. The van der Waals surface area contributed by atoms with Crippen molar-refractivity contribution in [3.63, 3.8) is 0 Å². The summed E-state index contributed by atoms with van der Waals surface area (Å²) in [6.45, 7) is 6.74. The minimum Gasteiger partial charge on any atom is -0.296 e. The number of hydrogen-bond donors (Lipinski definition) is 0. The average Bonchev–Trinajstić information content (AvgIpc) is 2.03. The summed E-state index contributed by atoms with van der Waals surface area (Å²) in [6.07, 6.45) is 2.50. The molecule has 0 spiro atoms. The molecule has 12 heavy (non-hydrogen) atoms. The van der Waals surface area contributed by atoms with Gasteiger partial charge < -0.3 is 0 Å². The van der Waals surface area contributed by atoms with Gasteiger partial charge in [0.05, 0.1) is 8.07 Å². The standard InChI is InChI=1S/C9H13NOSi/c1-12(2,3)9-4-5-10-8(6-9)7-11/h4-7H,1-3H3. The Bertz CT molecular complexity index is 291. The van der Waals surface area contributed by atoms with Crippen molar-refractivity contribution < 1.29 is 4.79 Å². The molecular weight excluding hydrogens is 166 g/mol. The second-order valence-electron chi connectivity index (χ2n) is 3.84. The van der Waals surface area contributed by atoms with Gasteiger partial charge in [-0.25, -0.2) is 0 Å². The molecule has 1 heterocycles. The Hall–Kier alpha value is -0.963. The molecule has 0 unspecified atom stereocenters. The number of aromatic nitrogens is 1. The molecule has 0 aliphatic heterocycles. The zero-order chi connectivity index (χ0) is 9.19. The van der Waals surface area contributed by atoms with Crippen LogP contribution in [0.25, 0.3) is 0 Å². The zero-order valence-electron chi connectivity index (χ0n) is 7.66. The first kappa shape index (κ1) is 9.13. The fourth-order valence-electron chi connectivity index (χ4n) is 0.979. The Kier molecular flexibility index (Phi) is 2.42. The SMILES string of the molecule is C[Si](C)(C)c1ccnc(C=O)c1. The predicted octanol–water partition coefficient (Wildman–Crippen LogP) is 1.44. The van der Waals surface area contributed by atoms with Crippen LogP contribution in [0, 0.1) is 0 Å². The fraction of sp³-hybridized carbons (Fsp3) is 0.333. The summed E-state index contributed by atoms with van der Waals surface area (Å²) in [5.74, 6) is 0. The monoisotopic (exact) mass is 179 g/mol. The van der Waals surface area contributed by atoms with E-state index in [2.05, 4.69) is 24.6 Å². The molecule has 0 radical (unpaired) electrons. The molecule has 0 atom stereocenters. The summed E-state index contributed by atoms with van der Waals surface area (Å²) >= 11 is 0. The smallest absolute Gasteiger partial charge is 0.168 e. The second-order valence-corrected chi connectivity index (χ2v) is 8.91. The Morgan fingerprint density at radius 1 is 1.42 bits per heavy atom. The van der Waals surface area contributed by atoms with Crippen LogP contribution < -0.4 is 5.19 Å². The van der Waals surface area contributed by atoms with Crippen LogP contribution >= 0.6 is 0 Å². The quantitative estimate of drug-likeness (QED) is 0.508. The zero-order valence-corrected chi connectivity index (χ0v) is 8.66. The predicted molar refractivity (Wildman–Crippen MR) is 52.6 cm³/mol. The summed E-state index contributed by atoms with van der Waals surface area (Å²) < 4.78 is 0. The van der Waals surface area contributed by atoms with E-state index in [1.165, 1.54) is 5.19 Å². The van der Waals surface area contributed by atoms with Crippen molar-refractivity contribution >= 4 is 19.5 Å². The molecule has 2 nitrogen and oxygen atoms in total. The lowest BCUT2D eigenvalue weighted by Crippen LogP contribution is -2.37. The van der Waals surface area contributed by atoms with E-state index in [-0.39, 0.29) is 0 Å². The number of rotatable bonds is 2. The summed E-state index contributed by atoms with van der Waals surface area (Å²) in [5, 5.41) is 1.28. The van der Waals surface area contributed by atoms with Crippen LogP contribution in [-0.4, -0.2) is 19.3 Å². The van der Waals surface area contributed by atoms with E-state index in [9.17, 15) is 4.79 Å². The highest BCUT2D eigenvalue weighted by molar-refractivity contribution is 6.88. The molecule has 0 bridgehead atoms. The molecule has 0 fully saturated rings. The van der Waals surface area contributed by atoms with Crippen LogP contribution in [0.2, 0.25) is 19.6 Å². The second kappa shape index (κ2) is 3.19. The van der Waals surface area contributed by atoms with Gasteiger partial charge in [-0.15, -0.1) is 0 Å². The maximum absolute atomic E-state index is 10.4. The van der Waals surface area contributed by atoms with Crippen molar-refractivity contribution in [3.05, 3.63) is 24.0 Å². The largest absolute Gasteiger partial charge is 0.296 e. The first-order valence-electron chi connectivity index (χ1n) is 3.96. The first-order chi connectivity index (χ1) is 5.54. The van der Waals surface area contributed by atoms with Crippen molar-refractivity contribution in [1.29, 1.82) is 0 Å². The van der Waals surface area contributed by atoms with Gasteiger partial charge in [-0.1, -0.05) is 24.8 Å². The minimum absolute atomic E-state index is 0.537. The van der Waals surface area contributed by atoms with Gasteiger partial charge >= 0.3 is 0 Å². The van der Waals surface area contributed by atoms with Crippen molar-refractivity contribution in [2.24, 2.45) is 0 Å². The van der Waals surface area contributed by atoms with Gasteiger partial charge in [0.1, 0.15) is 5.69 Å². The molecule has 0 aliphatic rings. The van der Waals surface area contributed by atoms with E-state index >= 15 is 0 Å². The molecule has 64 valence electrons. The van der Waals surface area contributed by atoms with Crippen molar-refractivity contribution in [2.45, 2.75) is 19.6 Å². The van der Waals surface area contributed by atoms with Crippen LogP contribution in [0.1, 0.15) is 10.5 Å². The van der Waals surface area contributed by atoms with Gasteiger partial charge in [0, 0.05) is 6.20 Å². The van der Waals surface area contributed by atoms with Gasteiger partial charge in [-0.2, -0.15) is 0 Å². The molecule has 0 amide bonds. The maximum atomic E-state index is 10.4. The maximum Gasteiger partial charge on any atom is 0.168 e. The van der Waals surface area contributed by atoms with E-state index in [1.54, 1.807) is 6.20 Å². The highest BCUT2D eigenvalue weighted by atomic mass is 28.3. The fourth-order valence-corrected chi connectivity index (χ4v) is 2.13. The van der Waals surface area contributed by atoms with Crippen LogP contribution in [-0.2, 0) is 0 Å². The van der Waals surface area contributed by atoms with Gasteiger partial charge in [0.15, 0.2) is 6.29 Å². The molecular formula is C9H13NOSi. The molecule has 0 saturated carbocycles. The van der Waals surface area contributed by atoms with Gasteiger partial charge in [-0.3, -0.25) is 9.78 Å². The number of aldehydes is 1. The molecule has 0 aliphatic carbocycles. The minimum atomic E-state index is -1.28. The Morgan fingerprint density at radius 3 is 2.58 bits per heavy atom. The Labute approximate surface area is 73.7 Å². The number of pyridine rings is 1. The third-order valence-corrected chi connectivity index (χ3v) is 3.81. The topological polar surface area (TPSA) is 30.0 Å². The van der Waals surface area contributed by atoms with Crippen LogP contribution in [0.3, 0.4) is 0 Å². The average molecular weight is 179 g/mol. The van der Waals surface area contributed by atoms with E-state index in [4.69, 9.17) is 0 Å². The van der Waals surface area contributed by atoms with Gasteiger partial charge in [0.2, 0.25) is 0 Å². The third kappa shape index (κ3) is 2.01. The van der Waals surface area contributed by atoms with Crippen LogP contribution in [0.4, 0.5) is 0 Å². The molecule has 0 aromatic carbocycles. The molecule has 1 aromatic rings. The number of carbonyl (C=O) groups is 1. The van der Waals surface area contributed by atoms with Crippen LogP contribution in [0.15, 0.2) is 18.3 Å². The molecule has 0 saturated heterocycles. The Balaban J connectivity index is 3.10. The number of nitrogens with zero attached hydrogens (tertiary/aromatic N) is 1. The summed E-state index contributed by atoms with van der Waals surface area (Å²) in [5.41, 5.74) is 0.537. The van der Waals surface area contributed by atoms with Crippen LogP contribution in [0.5, 0.6) is 0 Å². The van der Waals surface area contributed by atoms with E-state index in [1.807, 2.05) is 12.1 Å². The van der Waals surface area contributed by atoms with E-state index in [0.717, 1.165) is 6.29 Å². The van der Waals surface area contributed by atoms with E-state index < -0.39 is 8.07 Å². The number of carbonyl (C=O) groups excluding carboxylic acids is 1. The molecule has 1 aromatic heterocycles. The highest BCUT2D eigenvalue weighted by Crippen LogP contribution is 2.01. The lowest BCUT2D eigenvalue weighted by atomic mass is 10.4. The van der Waals surface area contributed by atoms with Gasteiger partial charge in [-0.05, 0) is 12.1 Å². The summed E-state index contributed by atoms with van der Waals surface area (Å²) in [7, 11) is -1.28. The molecule has 3 heteroatoms. The van der Waals surface area contributed by atoms with Crippen molar-refractivity contribution in [3.8, 4) is 0 Å². The molecule has 1 rings (SSSR count). The van der Waals surface area contributed by atoms with Crippen molar-refractivity contribution in [2.75, 3.05) is 0 Å². The highest BCUT2D eigenvalue weighted by Gasteiger charge is 2.16. The van der Waals surface area contributed by atoms with Crippen molar-refractivity contribution in [1.82, 2.24) is 4.98 Å². The normalized spacial score (nSPS) is 11.2. The summed E-state index contributed by atoms with van der Waals surface area (Å²) in [6, 6.07) is 3.89. The third-order valence-electron chi connectivity index (χ3n) is 1.77. The molecule has 0 N–H and O–H groups in total. The first-order valence-corrected chi connectivity index (χ1v) is 7.46. The van der Waals surface area contributed by atoms with E-state index in [0.29, 0.717) is 5.69 Å². The van der Waals surface area contributed by atoms with Gasteiger partial charge in [0.25, 0.3) is 0 Å². The summed E-state index contributed by atoms with van der Waals surface area (Å²) in [4.78, 5) is 14.4. The lowest BCUT2D eigenvalue weighted by molar-refractivity contribution is 0.111. The number of hydrogen-bond acceptors (Lipinski definition) is 2. The lowest BCUT2D eigenvalue weighted by Gasteiger charge is -2.15.